The number of carbonyl (C=O) groups is 1. The Hall–Kier alpha value is -2.59. The summed E-state index contributed by atoms with van der Waals surface area (Å²) in [5.41, 5.74) is 10.4. The van der Waals surface area contributed by atoms with Gasteiger partial charge < -0.3 is 10.6 Å². The van der Waals surface area contributed by atoms with Crippen LogP contribution in [0.4, 0.5) is 10.0 Å². The van der Waals surface area contributed by atoms with Crippen LogP contribution >= 0.6 is 38.6 Å². The van der Waals surface area contributed by atoms with Crippen molar-refractivity contribution >= 4 is 54.4 Å². The van der Waals surface area contributed by atoms with E-state index in [4.69, 9.17) is 5.73 Å². The van der Waals surface area contributed by atoms with E-state index in [0.29, 0.717) is 41.3 Å². The molecule has 6 heterocycles. The minimum absolute atomic E-state index is 0.0691. The minimum atomic E-state index is -0.453. The number of nitriles is 2. The van der Waals surface area contributed by atoms with Crippen LogP contribution in [0.3, 0.4) is 0 Å². The fourth-order valence-electron chi connectivity index (χ4n) is 5.75. The van der Waals surface area contributed by atoms with Crippen LogP contribution in [-0.4, -0.2) is 18.9 Å². The topological polar surface area (TPSA) is 97.2 Å². The highest BCUT2D eigenvalue weighted by molar-refractivity contribution is 9.10. The fourth-order valence-corrected chi connectivity index (χ4v) is 8.75. The third-order valence-electron chi connectivity index (χ3n) is 7.20. The Morgan fingerprint density at radius 2 is 1.94 bits per heavy atom. The number of anilines is 2. The standard InChI is InChI=1S/C24H20BrN5OS2/c25-13-8-18(32-11-13)20-14(9-26)22(28)30(16-2-1-3-17(31)21(16)20)23-15(10-27)19-12-4-6-29(7-5-12)24(19)33-23/h8,11-12,20H,1-7,28H2/t20-/m0/s1. The van der Waals surface area contributed by atoms with Crippen LogP contribution in [0.1, 0.15) is 59.9 Å². The first-order chi connectivity index (χ1) is 16.0. The molecule has 0 aromatic carbocycles. The lowest BCUT2D eigenvalue weighted by Crippen LogP contribution is -2.38. The maximum absolute atomic E-state index is 13.3. The Balaban J connectivity index is 1.60. The first-order valence-corrected chi connectivity index (χ1v) is 13.5. The first kappa shape index (κ1) is 21.0. The first-order valence-electron chi connectivity index (χ1n) is 11.0. The van der Waals surface area contributed by atoms with Crippen molar-refractivity contribution in [3.05, 3.63) is 54.6 Å². The number of Topliss-reactive ketones (excluding diaryl/α,β-unsaturated/α-hetero) is 1. The quantitative estimate of drug-likeness (QED) is 0.547. The van der Waals surface area contributed by atoms with Gasteiger partial charge in [0.1, 0.15) is 16.9 Å². The average Bonchev–Trinajstić information content (AvgIpc) is 3.43. The van der Waals surface area contributed by atoms with Crippen molar-refractivity contribution in [3.63, 3.8) is 0 Å². The molecule has 7 rings (SSSR count). The second kappa shape index (κ2) is 7.73. The van der Waals surface area contributed by atoms with Crippen molar-refractivity contribution in [2.45, 2.75) is 43.9 Å². The summed E-state index contributed by atoms with van der Waals surface area (Å²) in [6, 6.07) is 6.75. The molecule has 2 N–H and O–H groups in total. The Kier molecular flexibility index (Phi) is 4.91. The van der Waals surface area contributed by atoms with E-state index >= 15 is 0 Å². The molecule has 2 aromatic heterocycles. The number of allylic oxidation sites excluding steroid dienone is 3. The molecule has 2 bridgehead atoms. The van der Waals surface area contributed by atoms with Gasteiger partial charge in [-0.05, 0) is 53.6 Å². The molecular weight excluding hydrogens is 518 g/mol. The highest BCUT2D eigenvalue weighted by atomic mass is 79.9. The van der Waals surface area contributed by atoms with Gasteiger partial charge in [0.25, 0.3) is 0 Å². The molecule has 1 saturated heterocycles. The van der Waals surface area contributed by atoms with Crippen molar-refractivity contribution in [1.29, 1.82) is 10.5 Å². The Morgan fingerprint density at radius 1 is 1.15 bits per heavy atom. The third-order valence-corrected chi connectivity index (χ3v) is 10.2. The monoisotopic (exact) mass is 537 g/mol. The predicted octanol–water partition coefficient (Wildman–Crippen LogP) is 5.45. The van der Waals surface area contributed by atoms with Gasteiger partial charge in [0.2, 0.25) is 0 Å². The summed E-state index contributed by atoms with van der Waals surface area (Å²) in [7, 11) is 0. The van der Waals surface area contributed by atoms with Crippen molar-refractivity contribution in [2.24, 2.45) is 5.73 Å². The molecule has 0 radical (unpaired) electrons. The number of rotatable bonds is 2. The number of hydrogen-bond acceptors (Lipinski definition) is 8. The lowest BCUT2D eigenvalue weighted by molar-refractivity contribution is -0.116. The van der Waals surface area contributed by atoms with Crippen LogP contribution in [0, 0.1) is 22.7 Å². The van der Waals surface area contributed by atoms with Gasteiger partial charge in [0.05, 0.1) is 28.1 Å². The Bertz CT molecular complexity index is 1350. The van der Waals surface area contributed by atoms with Crippen molar-refractivity contribution < 1.29 is 4.79 Å². The number of nitrogens with zero attached hydrogens (tertiary/aromatic N) is 4. The van der Waals surface area contributed by atoms with E-state index in [-0.39, 0.29) is 5.78 Å². The zero-order valence-electron chi connectivity index (χ0n) is 17.7. The molecule has 33 heavy (non-hydrogen) atoms. The molecule has 166 valence electrons. The number of halogens is 1. The maximum atomic E-state index is 13.3. The summed E-state index contributed by atoms with van der Waals surface area (Å²) in [6.07, 6.45) is 4.04. The summed E-state index contributed by atoms with van der Waals surface area (Å²) >= 11 is 6.61. The lowest BCUT2D eigenvalue weighted by Gasteiger charge is -2.39. The summed E-state index contributed by atoms with van der Waals surface area (Å²) in [4.78, 5) is 18.5. The fraction of sp³-hybridized carbons (Fsp3) is 0.375. The van der Waals surface area contributed by atoms with E-state index in [1.165, 1.54) is 11.3 Å². The minimum Gasteiger partial charge on any atom is -0.384 e. The molecule has 5 aliphatic rings. The smallest absolute Gasteiger partial charge is 0.161 e. The number of hydrogen-bond donors (Lipinski definition) is 1. The molecule has 2 aromatic rings. The molecule has 9 heteroatoms. The van der Waals surface area contributed by atoms with Gasteiger partial charge in [-0.2, -0.15) is 10.5 Å². The maximum Gasteiger partial charge on any atom is 0.161 e. The number of thiophene rings is 2. The van der Waals surface area contributed by atoms with Crippen LogP contribution in [0.2, 0.25) is 0 Å². The Labute approximate surface area is 208 Å². The predicted molar refractivity (Wildman–Crippen MR) is 133 cm³/mol. The largest absolute Gasteiger partial charge is 0.384 e. The second-order valence-corrected chi connectivity index (χ2v) is 11.7. The molecule has 6 nitrogen and oxygen atoms in total. The molecule has 0 saturated carbocycles. The van der Waals surface area contributed by atoms with E-state index in [2.05, 4.69) is 33.0 Å². The molecule has 0 unspecified atom stereocenters. The van der Waals surface area contributed by atoms with E-state index in [9.17, 15) is 15.3 Å². The van der Waals surface area contributed by atoms with Gasteiger partial charge >= 0.3 is 0 Å². The van der Waals surface area contributed by atoms with Gasteiger partial charge in [-0.3, -0.25) is 9.69 Å². The number of ketones is 1. The van der Waals surface area contributed by atoms with Crippen molar-refractivity contribution in [1.82, 2.24) is 0 Å². The van der Waals surface area contributed by atoms with Crippen LogP contribution in [0.5, 0.6) is 0 Å². The molecule has 4 aliphatic heterocycles. The zero-order chi connectivity index (χ0) is 22.9. The summed E-state index contributed by atoms with van der Waals surface area (Å²) < 4.78 is 0.924. The SMILES string of the molecule is N#CC1=C(N)N(c2sc3c(c2C#N)C2CCN3CC2)C2=C(C(=O)CCC2)[C@@H]1c1cc(Br)cs1. The summed E-state index contributed by atoms with van der Waals surface area (Å²) in [5, 5.41) is 24.3. The van der Waals surface area contributed by atoms with E-state index < -0.39 is 5.92 Å². The van der Waals surface area contributed by atoms with Crippen molar-refractivity contribution in [3.8, 4) is 12.1 Å². The molecule has 1 fully saturated rings. The molecule has 1 aliphatic carbocycles. The van der Waals surface area contributed by atoms with Gasteiger partial charge in [-0.15, -0.1) is 11.3 Å². The Morgan fingerprint density at radius 3 is 2.61 bits per heavy atom. The van der Waals surface area contributed by atoms with Gasteiger partial charge in [0.15, 0.2) is 5.78 Å². The van der Waals surface area contributed by atoms with E-state index in [0.717, 1.165) is 63.0 Å². The van der Waals surface area contributed by atoms with Crippen LogP contribution in [0.25, 0.3) is 0 Å². The molecule has 1 atom stereocenters. The number of nitrogens with two attached hydrogens (primary N) is 1. The normalized spacial score (nSPS) is 22.4. The van der Waals surface area contributed by atoms with Crippen LogP contribution in [-0.2, 0) is 4.79 Å². The molecule has 0 amide bonds. The summed E-state index contributed by atoms with van der Waals surface area (Å²) in [6.45, 7) is 2.03. The van der Waals surface area contributed by atoms with Gasteiger partial charge in [-0.25, -0.2) is 0 Å². The van der Waals surface area contributed by atoms with Crippen molar-refractivity contribution in [2.75, 3.05) is 22.9 Å². The number of piperidine rings is 1. The second-order valence-electron chi connectivity index (χ2n) is 8.86. The zero-order valence-corrected chi connectivity index (χ0v) is 20.9. The highest BCUT2D eigenvalue weighted by Crippen LogP contribution is 2.56. The van der Waals surface area contributed by atoms with E-state index in [1.54, 1.807) is 11.3 Å². The highest BCUT2D eigenvalue weighted by Gasteiger charge is 2.44. The van der Waals surface area contributed by atoms with Crippen LogP contribution in [0.15, 0.2) is 38.6 Å². The van der Waals surface area contributed by atoms with Gasteiger partial charge in [-0.1, -0.05) is 11.3 Å². The summed E-state index contributed by atoms with van der Waals surface area (Å²) in [5.74, 6) is 0.357. The van der Waals surface area contributed by atoms with Crippen LogP contribution < -0.4 is 15.5 Å². The number of carbonyl (C=O) groups excluding carboxylic acids is 1. The molecular formula is C24H20BrN5OS2. The lowest BCUT2D eigenvalue weighted by atomic mass is 9.78. The number of fused-ring (bicyclic) bond motifs is 2. The molecule has 0 spiro atoms. The van der Waals surface area contributed by atoms with Gasteiger partial charge in [0, 0.05) is 51.1 Å². The third kappa shape index (κ3) is 2.96. The van der Waals surface area contributed by atoms with E-state index in [1.807, 2.05) is 16.3 Å². The average molecular weight is 538 g/mol.